The second-order valence-corrected chi connectivity index (χ2v) is 15.8. The molecule has 32 heavy (non-hydrogen) atoms. The van der Waals surface area contributed by atoms with E-state index in [9.17, 15) is 4.79 Å². The summed E-state index contributed by atoms with van der Waals surface area (Å²) in [5, 5.41) is 0.0439. The molecule has 182 valence electrons. The lowest BCUT2D eigenvalue weighted by Crippen LogP contribution is -2.48. The van der Waals surface area contributed by atoms with Gasteiger partial charge in [0, 0.05) is 11.8 Å². The van der Waals surface area contributed by atoms with E-state index in [0.29, 0.717) is 12.2 Å². The number of carbonyl (C=O) groups is 1. The number of ether oxygens (including phenoxy) is 1. The molecule has 0 spiro atoms. The predicted octanol–water partition coefficient (Wildman–Crippen LogP) is 8.16. The van der Waals surface area contributed by atoms with Crippen LogP contribution in [0.25, 0.3) is 0 Å². The molecule has 3 atom stereocenters. The lowest BCUT2D eigenvalue weighted by atomic mass is 9.63. The monoisotopic (exact) mass is 460 g/mol. The highest BCUT2D eigenvalue weighted by Gasteiger charge is 2.48. The first-order chi connectivity index (χ1) is 14.7. The predicted molar refractivity (Wildman–Crippen MR) is 140 cm³/mol. The third-order valence-corrected chi connectivity index (χ3v) is 12.0. The standard InChI is InChI=1S/C28H48O3Si/c1-12-15-16-17-21(4)18-19-28(9)22(5)20-24(30-14-3)25(26(28)29)23(13-2)31-32(10,11)27(6,7)8/h12-13,17,22-23H,1-2,14-16,18-20H2,3-11H3/b21-17+/t22-,23?,28+/m1/s1. The van der Waals surface area contributed by atoms with Gasteiger partial charge >= 0.3 is 0 Å². The maximum Gasteiger partial charge on any atom is 0.193 e. The lowest BCUT2D eigenvalue weighted by Gasteiger charge is -2.44. The minimum Gasteiger partial charge on any atom is -0.498 e. The van der Waals surface area contributed by atoms with Crippen LogP contribution in [0, 0.1) is 11.3 Å². The summed E-state index contributed by atoms with van der Waals surface area (Å²) in [5.41, 5.74) is 1.59. The molecule has 0 bridgehead atoms. The molecule has 3 nitrogen and oxygen atoms in total. The Morgan fingerprint density at radius 3 is 2.41 bits per heavy atom. The van der Waals surface area contributed by atoms with E-state index in [1.165, 1.54) is 5.57 Å². The highest BCUT2D eigenvalue weighted by molar-refractivity contribution is 6.74. The summed E-state index contributed by atoms with van der Waals surface area (Å²) in [6.07, 6.45) is 10.1. The fourth-order valence-electron chi connectivity index (χ4n) is 3.96. The summed E-state index contributed by atoms with van der Waals surface area (Å²) in [6, 6.07) is 0. The molecule has 0 amide bonds. The van der Waals surface area contributed by atoms with Gasteiger partial charge < -0.3 is 9.16 Å². The molecule has 0 aromatic carbocycles. The van der Waals surface area contributed by atoms with Gasteiger partial charge in [-0.3, -0.25) is 4.79 Å². The second-order valence-electron chi connectivity index (χ2n) is 11.1. The van der Waals surface area contributed by atoms with Crippen molar-refractivity contribution in [1.82, 2.24) is 0 Å². The number of carbonyl (C=O) groups excluding carboxylic acids is 1. The number of rotatable bonds is 12. The van der Waals surface area contributed by atoms with Crippen LogP contribution in [0.3, 0.4) is 0 Å². The highest BCUT2D eigenvalue weighted by atomic mass is 28.4. The molecule has 0 N–H and O–H groups in total. The van der Waals surface area contributed by atoms with E-state index in [4.69, 9.17) is 9.16 Å². The van der Waals surface area contributed by atoms with Crippen molar-refractivity contribution in [1.29, 1.82) is 0 Å². The summed E-state index contributed by atoms with van der Waals surface area (Å²) < 4.78 is 12.7. The average molecular weight is 461 g/mol. The first-order valence-electron chi connectivity index (χ1n) is 12.2. The van der Waals surface area contributed by atoms with Gasteiger partial charge in [-0.05, 0) is 63.6 Å². The molecule has 0 aromatic heterocycles. The first-order valence-corrected chi connectivity index (χ1v) is 15.1. The number of allylic oxidation sites excluding steroid dienone is 4. The van der Waals surface area contributed by atoms with Crippen molar-refractivity contribution in [3.8, 4) is 0 Å². The number of Topliss-reactive ketones (excluding diaryl/α,β-unsaturated/α-hetero) is 1. The van der Waals surface area contributed by atoms with Crippen LogP contribution in [-0.2, 0) is 14.0 Å². The zero-order chi connectivity index (χ0) is 24.7. The Balaban J connectivity index is 3.30. The van der Waals surface area contributed by atoms with E-state index in [0.717, 1.165) is 37.9 Å². The number of unbranched alkanes of at least 4 members (excludes halogenated alkanes) is 1. The van der Waals surface area contributed by atoms with E-state index in [1.54, 1.807) is 6.08 Å². The molecule has 4 heteroatoms. The molecule has 0 heterocycles. The first kappa shape index (κ1) is 28.6. The maximum atomic E-state index is 14.1. The van der Waals surface area contributed by atoms with Crippen LogP contribution in [0.1, 0.15) is 80.6 Å². The van der Waals surface area contributed by atoms with Crippen molar-refractivity contribution >= 4 is 14.1 Å². The summed E-state index contributed by atoms with van der Waals surface area (Å²) >= 11 is 0. The molecule has 1 unspecified atom stereocenters. The third-order valence-electron chi connectivity index (χ3n) is 7.59. The number of hydrogen-bond donors (Lipinski definition) is 0. The fourth-order valence-corrected chi connectivity index (χ4v) is 5.16. The molecule has 0 saturated heterocycles. The molecule has 1 aliphatic rings. The van der Waals surface area contributed by atoms with E-state index < -0.39 is 19.8 Å². The van der Waals surface area contributed by atoms with Crippen LogP contribution < -0.4 is 0 Å². The zero-order valence-corrected chi connectivity index (χ0v) is 23.3. The number of ketones is 1. The molecule has 0 saturated carbocycles. The van der Waals surface area contributed by atoms with E-state index in [2.05, 4.69) is 73.9 Å². The Labute approximate surface area is 199 Å². The van der Waals surface area contributed by atoms with Gasteiger partial charge in [0.25, 0.3) is 0 Å². The molecular weight excluding hydrogens is 412 g/mol. The fraction of sp³-hybridized carbons (Fsp3) is 0.679. The van der Waals surface area contributed by atoms with Gasteiger partial charge in [0.1, 0.15) is 5.76 Å². The Hall–Kier alpha value is -1.39. The third kappa shape index (κ3) is 6.80. The smallest absolute Gasteiger partial charge is 0.193 e. The topological polar surface area (TPSA) is 35.5 Å². The van der Waals surface area contributed by atoms with Gasteiger partial charge in [0.15, 0.2) is 14.1 Å². The molecule has 1 aliphatic carbocycles. The van der Waals surface area contributed by atoms with Crippen LogP contribution >= 0.6 is 0 Å². The molecular formula is C28H48O3Si. The van der Waals surface area contributed by atoms with Gasteiger partial charge in [0.05, 0.1) is 18.3 Å². The molecule has 1 rings (SSSR count). The molecule has 0 radical (unpaired) electrons. The largest absolute Gasteiger partial charge is 0.498 e. The van der Waals surface area contributed by atoms with E-state index in [-0.39, 0.29) is 16.7 Å². The van der Waals surface area contributed by atoms with Crippen LogP contribution in [-0.4, -0.2) is 26.8 Å². The summed E-state index contributed by atoms with van der Waals surface area (Å²) in [5.74, 6) is 1.17. The van der Waals surface area contributed by atoms with Crippen molar-refractivity contribution in [2.75, 3.05) is 6.61 Å². The van der Waals surface area contributed by atoms with Crippen LogP contribution in [0.15, 0.2) is 48.3 Å². The summed E-state index contributed by atoms with van der Waals surface area (Å²) in [6.45, 7) is 27.9. The van der Waals surface area contributed by atoms with Crippen molar-refractivity contribution in [3.63, 3.8) is 0 Å². The quantitative estimate of drug-likeness (QED) is 0.167. The zero-order valence-electron chi connectivity index (χ0n) is 22.3. The van der Waals surface area contributed by atoms with Crippen molar-refractivity contribution in [2.24, 2.45) is 11.3 Å². The van der Waals surface area contributed by atoms with Gasteiger partial charge in [-0.2, -0.15) is 0 Å². The van der Waals surface area contributed by atoms with Gasteiger partial charge in [-0.1, -0.05) is 58.4 Å². The minimum absolute atomic E-state index is 0.0439. The van der Waals surface area contributed by atoms with Crippen LogP contribution in [0.2, 0.25) is 18.1 Å². The highest BCUT2D eigenvalue weighted by Crippen LogP contribution is 2.47. The van der Waals surface area contributed by atoms with Crippen LogP contribution in [0.5, 0.6) is 0 Å². The summed E-state index contributed by atoms with van der Waals surface area (Å²) in [4.78, 5) is 14.1. The molecule has 0 fully saturated rings. The molecule has 0 aromatic rings. The number of hydrogen-bond acceptors (Lipinski definition) is 3. The maximum absolute atomic E-state index is 14.1. The lowest BCUT2D eigenvalue weighted by molar-refractivity contribution is -0.129. The minimum atomic E-state index is -2.10. The Kier molecular flexibility index (Phi) is 10.4. The second kappa shape index (κ2) is 11.6. The van der Waals surface area contributed by atoms with Gasteiger partial charge in [-0.25, -0.2) is 0 Å². The van der Waals surface area contributed by atoms with Gasteiger partial charge in [0.2, 0.25) is 0 Å². The summed E-state index contributed by atoms with van der Waals surface area (Å²) in [7, 11) is -2.10. The van der Waals surface area contributed by atoms with Gasteiger partial charge in [-0.15, -0.1) is 13.2 Å². The Morgan fingerprint density at radius 1 is 1.28 bits per heavy atom. The molecule has 0 aliphatic heterocycles. The SMILES string of the molecule is C=CCC/C=C(\C)CC[C@]1(C)C(=O)C(C(C=C)O[Si](C)(C)C(C)(C)C)=C(OCC)C[C@H]1C. The van der Waals surface area contributed by atoms with E-state index in [1.807, 2.05) is 13.0 Å². The Bertz CT molecular complexity index is 738. The van der Waals surface area contributed by atoms with Crippen molar-refractivity contribution in [3.05, 3.63) is 48.3 Å². The van der Waals surface area contributed by atoms with Crippen molar-refractivity contribution in [2.45, 2.75) is 105 Å². The normalized spacial score (nSPS) is 23.8. The Morgan fingerprint density at radius 2 is 1.91 bits per heavy atom. The van der Waals surface area contributed by atoms with Crippen LogP contribution in [0.4, 0.5) is 0 Å². The van der Waals surface area contributed by atoms with E-state index >= 15 is 0 Å². The average Bonchev–Trinajstić information content (AvgIpc) is 2.69. The van der Waals surface area contributed by atoms with Crippen molar-refractivity contribution < 1.29 is 14.0 Å².